The third-order valence-electron chi connectivity index (χ3n) is 2.30. The summed E-state index contributed by atoms with van der Waals surface area (Å²) < 4.78 is 0. The van der Waals surface area contributed by atoms with Crippen molar-refractivity contribution in [3.8, 4) is 0 Å². The minimum Gasteiger partial charge on any atom is -0.299 e. The number of Topliss-reactive ketones (excluding diaryl/α,β-unsaturated/α-hetero) is 1. The molecule has 1 heterocycles. The second-order valence-corrected chi connectivity index (χ2v) is 4.06. The molecule has 1 saturated carbocycles. The van der Waals surface area contributed by atoms with Gasteiger partial charge in [-0.3, -0.25) is 4.79 Å². The van der Waals surface area contributed by atoms with Crippen molar-refractivity contribution in [3.63, 3.8) is 0 Å². The zero-order chi connectivity index (χ0) is 8.39. The van der Waals surface area contributed by atoms with Gasteiger partial charge in [-0.2, -0.15) is 0 Å². The van der Waals surface area contributed by atoms with Crippen molar-refractivity contribution in [2.24, 2.45) is 0 Å². The predicted molar refractivity (Wildman–Crippen MR) is 48.3 cm³/mol. The van der Waals surface area contributed by atoms with Gasteiger partial charge in [0.15, 0.2) is 0 Å². The fourth-order valence-electron chi connectivity index (χ4n) is 1.65. The largest absolute Gasteiger partial charge is 0.299 e. The Morgan fingerprint density at radius 3 is 3.08 bits per heavy atom. The summed E-state index contributed by atoms with van der Waals surface area (Å²) in [4.78, 5) is 15.6. The van der Waals surface area contributed by atoms with Crippen LogP contribution in [0.2, 0.25) is 0 Å². The molecule has 3 heteroatoms. The molecule has 1 fully saturated rings. The smallest absolute Gasteiger partial charge is 0.142 e. The summed E-state index contributed by atoms with van der Waals surface area (Å²) in [6, 6.07) is 0. The molecule has 2 rings (SSSR count). The van der Waals surface area contributed by atoms with Gasteiger partial charge in [-0.15, -0.1) is 11.3 Å². The van der Waals surface area contributed by atoms with Crippen molar-refractivity contribution >= 4 is 17.1 Å². The summed E-state index contributed by atoms with van der Waals surface area (Å²) in [6.07, 6.45) is 5.79. The summed E-state index contributed by atoms with van der Waals surface area (Å²) in [7, 11) is 0. The quantitative estimate of drug-likeness (QED) is 0.665. The zero-order valence-corrected chi connectivity index (χ0v) is 7.64. The molecule has 1 atom stereocenters. The van der Waals surface area contributed by atoms with E-state index in [4.69, 9.17) is 0 Å². The fourth-order valence-corrected chi connectivity index (χ4v) is 2.45. The number of carbonyl (C=O) groups excluding carboxylic acids is 1. The van der Waals surface area contributed by atoms with E-state index in [0.29, 0.717) is 5.78 Å². The predicted octanol–water partition coefficient (Wildman–Crippen LogP) is 2.37. The number of thiazole rings is 1. The van der Waals surface area contributed by atoms with Crippen molar-refractivity contribution in [1.82, 2.24) is 4.98 Å². The Bertz CT molecular complexity index is 268. The SMILES string of the molecule is O=C1CCCCC1c1nccs1. The van der Waals surface area contributed by atoms with Gasteiger partial charge >= 0.3 is 0 Å². The molecule has 1 unspecified atom stereocenters. The Labute approximate surface area is 75.6 Å². The third kappa shape index (κ3) is 1.41. The number of ketones is 1. The van der Waals surface area contributed by atoms with Crippen LogP contribution in [-0.4, -0.2) is 10.8 Å². The number of aromatic nitrogens is 1. The van der Waals surface area contributed by atoms with Crippen LogP contribution in [0.1, 0.15) is 36.6 Å². The molecule has 12 heavy (non-hydrogen) atoms. The van der Waals surface area contributed by atoms with Crippen LogP contribution in [0.4, 0.5) is 0 Å². The lowest BCUT2D eigenvalue weighted by atomic mass is 9.88. The second kappa shape index (κ2) is 3.35. The molecule has 0 aromatic carbocycles. The lowest BCUT2D eigenvalue weighted by molar-refractivity contribution is -0.121. The van der Waals surface area contributed by atoms with Gasteiger partial charge in [0.1, 0.15) is 10.8 Å². The average molecular weight is 181 g/mol. The molecule has 0 N–H and O–H groups in total. The highest BCUT2D eigenvalue weighted by atomic mass is 32.1. The first-order valence-corrected chi connectivity index (χ1v) is 5.18. The zero-order valence-electron chi connectivity index (χ0n) is 6.82. The van der Waals surface area contributed by atoms with Crippen LogP contribution in [0.15, 0.2) is 11.6 Å². The molecule has 1 aliphatic rings. The van der Waals surface area contributed by atoms with Gasteiger partial charge in [0.05, 0.1) is 5.92 Å². The number of hydrogen-bond acceptors (Lipinski definition) is 3. The first kappa shape index (κ1) is 7.92. The van der Waals surface area contributed by atoms with E-state index in [-0.39, 0.29) is 5.92 Å². The van der Waals surface area contributed by atoms with E-state index in [1.807, 2.05) is 5.38 Å². The molecule has 1 aromatic heterocycles. The van der Waals surface area contributed by atoms with E-state index in [0.717, 1.165) is 24.3 Å². The summed E-state index contributed by atoms with van der Waals surface area (Å²) in [5.74, 6) is 0.509. The molecular weight excluding hydrogens is 170 g/mol. The van der Waals surface area contributed by atoms with Gasteiger partial charge in [-0.1, -0.05) is 6.42 Å². The van der Waals surface area contributed by atoms with Gasteiger partial charge in [-0.25, -0.2) is 4.98 Å². The highest BCUT2D eigenvalue weighted by molar-refractivity contribution is 7.09. The highest BCUT2D eigenvalue weighted by Crippen LogP contribution is 2.30. The Hall–Kier alpha value is -0.700. The van der Waals surface area contributed by atoms with E-state index >= 15 is 0 Å². The topological polar surface area (TPSA) is 30.0 Å². The van der Waals surface area contributed by atoms with E-state index in [9.17, 15) is 4.79 Å². The molecule has 0 spiro atoms. The van der Waals surface area contributed by atoms with Crippen LogP contribution in [0.25, 0.3) is 0 Å². The minimum atomic E-state index is 0.124. The van der Waals surface area contributed by atoms with E-state index < -0.39 is 0 Å². The molecule has 2 nitrogen and oxygen atoms in total. The number of carbonyl (C=O) groups is 1. The van der Waals surface area contributed by atoms with Gasteiger partial charge in [0, 0.05) is 18.0 Å². The molecule has 0 radical (unpaired) electrons. The summed E-state index contributed by atoms with van der Waals surface area (Å²) in [5.41, 5.74) is 0. The average Bonchev–Trinajstić information content (AvgIpc) is 2.57. The molecular formula is C9H11NOS. The van der Waals surface area contributed by atoms with Gasteiger partial charge < -0.3 is 0 Å². The van der Waals surface area contributed by atoms with Crippen molar-refractivity contribution in [2.75, 3.05) is 0 Å². The van der Waals surface area contributed by atoms with Crippen LogP contribution in [0.3, 0.4) is 0 Å². The minimum absolute atomic E-state index is 0.124. The lowest BCUT2D eigenvalue weighted by Gasteiger charge is -2.17. The number of nitrogens with zero attached hydrogens (tertiary/aromatic N) is 1. The maximum absolute atomic E-state index is 11.5. The van der Waals surface area contributed by atoms with Crippen LogP contribution >= 0.6 is 11.3 Å². The molecule has 0 bridgehead atoms. The molecule has 64 valence electrons. The van der Waals surface area contributed by atoms with Crippen LogP contribution in [0.5, 0.6) is 0 Å². The molecule has 0 aliphatic heterocycles. The Kier molecular flexibility index (Phi) is 2.21. The van der Waals surface area contributed by atoms with Crippen molar-refractivity contribution in [3.05, 3.63) is 16.6 Å². The van der Waals surface area contributed by atoms with Gasteiger partial charge in [-0.05, 0) is 12.8 Å². The highest BCUT2D eigenvalue weighted by Gasteiger charge is 2.25. The summed E-state index contributed by atoms with van der Waals surface area (Å²) in [5, 5.41) is 2.96. The first-order valence-electron chi connectivity index (χ1n) is 4.30. The monoisotopic (exact) mass is 181 g/mol. The van der Waals surface area contributed by atoms with E-state index in [2.05, 4.69) is 4.98 Å². The Morgan fingerprint density at radius 2 is 2.42 bits per heavy atom. The lowest BCUT2D eigenvalue weighted by Crippen LogP contribution is -2.16. The third-order valence-corrected chi connectivity index (χ3v) is 3.19. The summed E-state index contributed by atoms with van der Waals surface area (Å²) in [6.45, 7) is 0. The van der Waals surface area contributed by atoms with Crippen molar-refractivity contribution in [1.29, 1.82) is 0 Å². The van der Waals surface area contributed by atoms with Crippen LogP contribution in [-0.2, 0) is 4.79 Å². The van der Waals surface area contributed by atoms with Gasteiger partial charge in [0.25, 0.3) is 0 Å². The van der Waals surface area contributed by atoms with Crippen molar-refractivity contribution in [2.45, 2.75) is 31.6 Å². The normalized spacial score (nSPS) is 24.3. The molecule has 1 aromatic rings. The van der Waals surface area contributed by atoms with Crippen LogP contribution < -0.4 is 0 Å². The van der Waals surface area contributed by atoms with Gasteiger partial charge in [0.2, 0.25) is 0 Å². The summed E-state index contributed by atoms with van der Waals surface area (Å²) >= 11 is 1.60. The van der Waals surface area contributed by atoms with E-state index in [1.54, 1.807) is 17.5 Å². The number of rotatable bonds is 1. The molecule has 0 saturated heterocycles. The Balaban J connectivity index is 2.17. The molecule has 0 amide bonds. The second-order valence-electron chi connectivity index (χ2n) is 3.14. The first-order chi connectivity index (χ1) is 5.88. The van der Waals surface area contributed by atoms with Crippen LogP contribution in [0, 0.1) is 0 Å². The maximum atomic E-state index is 11.5. The number of hydrogen-bond donors (Lipinski definition) is 0. The Morgan fingerprint density at radius 1 is 1.50 bits per heavy atom. The molecule has 1 aliphatic carbocycles. The maximum Gasteiger partial charge on any atom is 0.142 e. The standard InChI is InChI=1S/C9H11NOS/c11-8-4-2-1-3-7(8)9-10-5-6-12-9/h5-7H,1-4H2. The van der Waals surface area contributed by atoms with Crippen molar-refractivity contribution < 1.29 is 4.79 Å². The van der Waals surface area contributed by atoms with E-state index in [1.165, 1.54) is 6.42 Å². The fraction of sp³-hybridized carbons (Fsp3) is 0.556.